The molecule has 0 bridgehead atoms. The van der Waals surface area contributed by atoms with Crippen molar-refractivity contribution in [2.24, 2.45) is 0 Å². The minimum absolute atomic E-state index is 0.159. The maximum atomic E-state index is 12.9. The molecule has 1 rings (SSSR count). The second-order valence-electron chi connectivity index (χ2n) is 2.61. The fourth-order valence-electron chi connectivity index (χ4n) is 0.959. The SMILES string of the molecule is Fc1cccc(Br)c1C[B-](F)(F)F. The van der Waals surface area contributed by atoms with Crippen LogP contribution in [0.4, 0.5) is 17.3 Å². The highest BCUT2D eigenvalue weighted by Crippen LogP contribution is 2.25. The smallest absolute Gasteiger partial charge is 0.449 e. The quantitative estimate of drug-likeness (QED) is 0.560. The monoisotopic (exact) mass is 255 g/mol. The van der Waals surface area contributed by atoms with Crippen molar-refractivity contribution >= 4 is 22.9 Å². The normalized spacial score (nSPS) is 11.8. The summed E-state index contributed by atoms with van der Waals surface area (Å²) in [4.78, 5) is 0. The summed E-state index contributed by atoms with van der Waals surface area (Å²) in [6.45, 7) is -4.99. The lowest BCUT2D eigenvalue weighted by atomic mass is 9.82. The predicted molar refractivity (Wildman–Crippen MR) is 46.9 cm³/mol. The van der Waals surface area contributed by atoms with E-state index in [-0.39, 0.29) is 10.0 Å². The Hall–Kier alpha value is -0.515. The van der Waals surface area contributed by atoms with Crippen LogP contribution in [0.2, 0.25) is 0 Å². The largest absolute Gasteiger partial charge is 0.482 e. The third-order valence-electron chi connectivity index (χ3n) is 1.50. The molecule has 0 aliphatic carbocycles. The van der Waals surface area contributed by atoms with Gasteiger partial charge in [0.25, 0.3) is 0 Å². The molecule has 0 nitrogen and oxygen atoms in total. The maximum Gasteiger partial charge on any atom is 0.482 e. The predicted octanol–water partition coefficient (Wildman–Crippen LogP) is 3.52. The minimum Gasteiger partial charge on any atom is -0.449 e. The molecule has 0 heterocycles. The van der Waals surface area contributed by atoms with Crippen LogP contribution in [0.3, 0.4) is 0 Å². The molecule has 0 atom stereocenters. The minimum atomic E-state index is -4.99. The second-order valence-corrected chi connectivity index (χ2v) is 3.47. The van der Waals surface area contributed by atoms with E-state index in [2.05, 4.69) is 15.9 Å². The Morgan fingerprint density at radius 3 is 2.31 bits per heavy atom. The third-order valence-corrected chi connectivity index (χ3v) is 2.24. The summed E-state index contributed by atoms with van der Waals surface area (Å²) < 4.78 is 48.9. The first-order chi connectivity index (χ1) is 5.90. The summed E-state index contributed by atoms with van der Waals surface area (Å²) in [6, 6.07) is 3.76. The van der Waals surface area contributed by atoms with Gasteiger partial charge in [-0.05, 0) is 17.7 Å². The third kappa shape index (κ3) is 3.02. The summed E-state index contributed by atoms with van der Waals surface area (Å²) in [5, 5.41) is 0. The number of benzene rings is 1. The van der Waals surface area contributed by atoms with E-state index < -0.39 is 19.1 Å². The Labute approximate surface area is 81.1 Å². The highest BCUT2D eigenvalue weighted by molar-refractivity contribution is 9.10. The molecular formula is C7H5BBrF4-. The van der Waals surface area contributed by atoms with Crippen molar-refractivity contribution < 1.29 is 17.3 Å². The van der Waals surface area contributed by atoms with Crippen molar-refractivity contribution in [1.82, 2.24) is 0 Å². The molecule has 1 aromatic carbocycles. The Bertz CT molecular complexity index is 290. The summed E-state index contributed by atoms with van der Waals surface area (Å²) in [5.41, 5.74) is -0.324. The molecule has 0 aliphatic heterocycles. The van der Waals surface area contributed by atoms with Crippen LogP contribution in [0.1, 0.15) is 5.56 Å². The zero-order chi connectivity index (χ0) is 10.1. The van der Waals surface area contributed by atoms with E-state index in [0.717, 1.165) is 6.07 Å². The van der Waals surface area contributed by atoms with Gasteiger partial charge in [0.2, 0.25) is 0 Å². The van der Waals surface area contributed by atoms with E-state index in [9.17, 15) is 17.3 Å². The first-order valence-electron chi connectivity index (χ1n) is 3.54. The van der Waals surface area contributed by atoms with Crippen molar-refractivity contribution in [3.63, 3.8) is 0 Å². The van der Waals surface area contributed by atoms with Gasteiger partial charge in [-0.3, -0.25) is 0 Å². The molecule has 72 valence electrons. The van der Waals surface area contributed by atoms with Crippen LogP contribution >= 0.6 is 15.9 Å². The van der Waals surface area contributed by atoms with Gasteiger partial charge in [0.1, 0.15) is 5.82 Å². The Morgan fingerprint density at radius 1 is 1.23 bits per heavy atom. The number of rotatable bonds is 2. The van der Waals surface area contributed by atoms with Gasteiger partial charge < -0.3 is 12.9 Å². The van der Waals surface area contributed by atoms with Crippen molar-refractivity contribution in [2.45, 2.75) is 6.32 Å². The van der Waals surface area contributed by atoms with E-state index >= 15 is 0 Å². The van der Waals surface area contributed by atoms with Crippen LogP contribution in [-0.4, -0.2) is 6.98 Å². The first-order valence-corrected chi connectivity index (χ1v) is 4.33. The summed E-state index contributed by atoms with van der Waals surface area (Å²) >= 11 is 2.87. The molecule has 0 N–H and O–H groups in total. The zero-order valence-corrected chi connectivity index (χ0v) is 7.99. The summed E-state index contributed by atoms with van der Waals surface area (Å²) in [5.74, 6) is -0.825. The zero-order valence-electron chi connectivity index (χ0n) is 6.41. The molecule has 0 spiro atoms. The molecule has 0 aliphatic rings. The van der Waals surface area contributed by atoms with Crippen LogP contribution in [-0.2, 0) is 6.32 Å². The molecule has 0 saturated carbocycles. The second kappa shape index (κ2) is 3.70. The highest BCUT2D eigenvalue weighted by atomic mass is 79.9. The Morgan fingerprint density at radius 2 is 1.85 bits per heavy atom. The van der Waals surface area contributed by atoms with Crippen molar-refractivity contribution in [3.8, 4) is 0 Å². The van der Waals surface area contributed by atoms with Crippen LogP contribution in [0.5, 0.6) is 0 Å². The van der Waals surface area contributed by atoms with Crippen LogP contribution < -0.4 is 0 Å². The molecule has 0 unspecified atom stereocenters. The Kier molecular flexibility index (Phi) is 3.00. The average molecular weight is 256 g/mol. The lowest BCUT2D eigenvalue weighted by Gasteiger charge is -2.15. The van der Waals surface area contributed by atoms with Crippen molar-refractivity contribution in [3.05, 3.63) is 34.1 Å². The summed E-state index contributed by atoms with van der Waals surface area (Å²) in [7, 11) is 0. The molecule has 1 aromatic rings. The standard InChI is InChI=1S/C7H5BBrF4/c9-6-2-1-3-7(10)5(6)4-8(11,12)13/h1-3H,4H2/q-1. The van der Waals surface area contributed by atoms with Gasteiger partial charge in [-0.2, -0.15) is 0 Å². The lowest BCUT2D eigenvalue weighted by Crippen LogP contribution is -2.20. The van der Waals surface area contributed by atoms with Gasteiger partial charge in [-0.1, -0.05) is 28.3 Å². The fraction of sp³-hybridized carbons (Fsp3) is 0.143. The molecule has 13 heavy (non-hydrogen) atoms. The molecule has 0 saturated heterocycles. The van der Waals surface area contributed by atoms with E-state index in [1.807, 2.05) is 0 Å². The van der Waals surface area contributed by atoms with E-state index in [1.165, 1.54) is 12.1 Å². The first kappa shape index (κ1) is 10.6. The Balaban J connectivity index is 3.00. The topological polar surface area (TPSA) is 0 Å². The van der Waals surface area contributed by atoms with E-state index in [4.69, 9.17) is 0 Å². The number of hydrogen-bond acceptors (Lipinski definition) is 0. The molecule has 0 radical (unpaired) electrons. The summed E-state index contributed by atoms with van der Waals surface area (Å²) in [6.07, 6.45) is -1.19. The molecule has 0 fully saturated rings. The highest BCUT2D eigenvalue weighted by Gasteiger charge is 2.25. The van der Waals surface area contributed by atoms with Crippen LogP contribution in [0.25, 0.3) is 0 Å². The van der Waals surface area contributed by atoms with Crippen LogP contribution in [0, 0.1) is 5.82 Å². The molecule has 6 heteroatoms. The van der Waals surface area contributed by atoms with Crippen molar-refractivity contribution in [1.29, 1.82) is 0 Å². The van der Waals surface area contributed by atoms with Gasteiger partial charge in [0.05, 0.1) is 0 Å². The van der Waals surface area contributed by atoms with E-state index in [1.54, 1.807) is 0 Å². The average Bonchev–Trinajstić information content (AvgIpc) is 1.95. The molecule has 0 amide bonds. The van der Waals surface area contributed by atoms with Crippen LogP contribution in [0.15, 0.2) is 22.7 Å². The van der Waals surface area contributed by atoms with Gasteiger partial charge in [0, 0.05) is 4.47 Å². The number of hydrogen-bond donors (Lipinski definition) is 0. The molecule has 0 aromatic heterocycles. The van der Waals surface area contributed by atoms with E-state index in [0.29, 0.717) is 0 Å². The van der Waals surface area contributed by atoms with Gasteiger partial charge in [-0.25, -0.2) is 4.39 Å². The van der Waals surface area contributed by atoms with Gasteiger partial charge in [-0.15, -0.1) is 0 Å². The van der Waals surface area contributed by atoms with Gasteiger partial charge in [0.15, 0.2) is 0 Å². The van der Waals surface area contributed by atoms with Gasteiger partial charge >= 0.3 is 6.98 Å². The van der Waals surface area contributed by atoms with Crippen molar-refractivity contribution in [2.75, 3.05) is 0 Å². The lowest BCUT2D eigenvalue weighted by molar-refractivity contribution is 0.464. The molecular weight excluding hydrogens is 251 g/mol. The maximum absolute atomic E-state index is 12.9. The number of halogens is 5. The fourth-order valence-corrected chi connectivity index (χ4v) is 1.46.